The Kier molecular flexibility index (Phi) is 7.06. The van der Waals surface area contributed by atoms with Gasteiger partial charge in [0.2, 0.25) is 5.89 Å². The van der Waals surface area contributed by atoms with E-state index in [-0.39, 0.29) is 23.7 Å². The Labute approximate surface area is 170 Å². The number of piperidine rings is 1. The lowest BCUT2D eigenvalue weighted by atomic mass is 9.92. The van der Waals surface area contributed by atoms with Crippen LogP contribution in [0.5, 0.6) is 5.75 Å². The molecular formula is C21H28FN3O4. The van der Waals surface area contributed by atoms with Crippen LogP contribution in [-0.2, 0) is 4.74 Å². The van der Waals surface area contributed by atoms with E-state index in [1.54, 1.807) is 24.0 Å². The van der Waals surface area contributed by atoms with Crippen LogP contribution in [0.2, 0.25) is 0 Å². The second-order valence-corrected chi connectivity index (χ2v) is 7.62. The predicted molar refractivity (Wildman–Crippen MR) is 105 cm³/mol. The Morgan fingerprint density at radius 3 is 2.69 bits per heavy atom. The minimum atomic E-state index is -0.452. The maximum atomic E-state index is 14.3. The molecule has 29 heavy (non-hydrogen) atoms. The van der Waals surface area contributed by atoms with Crippen molar-refractivity contribution in [2.45, 2.75) is 52.6 Å². The highest BCUT2D eigenvalue weighted by molar-refractivity contribution is 5.67. The van der Waals surface area contributed by atoms with E-state index < -0.39 is 5.82 Å². The molecule has 0 unspecified atom stereocenters. The Bertz CT molecular complexity index is 816. The summed E-state index contributed by atoms with van der Waals surface area (Å²) in [4.78, 5) is 13.7. The lowest BCUT2D eigenvalue weighted by Gasteiger charge is -2.31. The van der Waals surface area contributed by atoms with Gasteiger partial charge >= 0.3 is 6.09 Å². The molecule has 1 saturated heterocycles. The van der Waals surface area contributed by atoms with Crippen LogP contribution in [0.4, 0.5) is 9.18 Å². The zero-order valence-corrected chi connectivity index (χ0v) is 17.2. The maximum Gasteiger partial charge on any atom is 0.410 e. The van der Waals surface area contributed by atoms with Gasteiger partial charge in [-0.15, -0.1) is 10.2 Å². The number of ether oxygens (including phenoxy) is 2. The summed E-state index contributed by atoms with van der Waals surface area (Å²) in [6, 6.07) is 4.63. The molecule has 0 N–H and O–H groups in total. The SMILES string of the molecule is Cc1nnc(-c2ccc(OCCCC3CCN(C(=O)OC(C)C)CC3)cc2F)o1. The van der Waals surface area contributed by atoms with Crippen molar-refractivity contribution >= 4 is 6.09 Å². The third-order valence-corrected chi connectivity index (χ3v) is 4.93. The van der Waals surface area contributed by atoms with Gasteiger partial charge in [0.1, 0.15) is 11.6 Å². The zero-order chi connectivity index (χ0) is 20.8. The first-order chi connectivity index (χ1) is 13.9. The molecule has 1 aromatic heterocycles. The van der Waals surface area contributed by atoms with E-state index in [4.69, 9.17) is 13.9 Å². The molecule has 158 valence electrons. The van der Waals surface area contributed by atoms with Gasteiger partial charge in [0, 0.05) is 26.1 Å². The number of aryl methyl sites for hydroxylation is 1. The van der Waals surface area contributed by atoms with Crippen LogP contribution in [0.3, 0.4) is 0 Å². The van der Waals surface area contributed by atoms with Crippen molar-refractivity contribution in [3.63, 3.8) is 0 Å². The van der Waals surface area contributed by atoms with Crippen LogP contribution in [0, 0.1) is 18.7 Å². The van der Waals surface area contributed by atoms with Gasteiger partial charge in [0.05, 0.1) is 18.3 Å². The van der Waals surface area contributed by atoms with Gasteiger partial charge in [-0.1, -0.05) is 0 Å². The smallest absolute Gasteiger partial charge is 0.410 e. The molecule has 0 aliphatic carbocycles. The summed E-state index contributed by atoms with van der Waals surface area (Å²) >= 11 is 0. The number of hydrogen-bond donors (Lipinski definition) is 0. The summed E-state index contributed by atoms with van der Waals surface area (Å²) in [6.07, 6.45) is 3.54. The Morgan fingerprint density at radius 1 is 1.31 bits per heavy atom. The number of carbonyl (C=O) groups is 1. The summed E-state index contributed by atoms with van der Waals surface area (Å²) in [6.45, 7) is 7.37. The molecule has 1 amide bonds. The number of nitrogens with zero attached hydrogens (tertiary/aromatic N) is 3. The van der Waals surface area contributed by atoms with Crippen LogP contribution < -0.4 is 4.74 Å². The number of amides is 1. The Hall–Kier alpha value is -2.64. The van der Waals surface area contributed by atoms with Crippen molar-refractivity contribution in [1.29, 1.82) is 0 Å². The molecule has 3 rings (SSSR count). The molecule has 0 saturated carbocycles. The fraction of sp³-hybridized carbons (Fsp3) is 0.571. The van der Waals surface area contributed by atoms with E-state index in [0.717, 1.165) is 38.8 Å². The first-order valence-electron chi connectivity index (χ1n) is 10.1. The molecule has 1 aliphatic rings. The Balaban J connectivity index is 1.38. The van der Waals surface area contributed by atoms with Crippen LogP contribution in [0.15, 0.2) is 22.6 Å². The quantitative estimate of drug-likeness (QED) is 0.627. The second kappa shape index (κ2) is 9.71. The largest absolute Gasteiger partial charge is 0.493 e. The van der Waals surface area contributed by atoms with Crippen molar-refractivity contribution in [2.75, 3.05) is 19.7 Å². The number of hydrogen-bond acceptors (Lipinski definition) is 6. The number of carbonyl (C=O) groups excluding carboxylic acids is 1. The number of benzene rings is 1. The van der Waals surface area contributed by atoms with Gasteiger partial charge in [-0.3, -0.25) is 0 Å². The molecule has 1 fully saturated rings. The van der Waals surface area contributed by atoms with E-state index in [1.165, 1.54) is 6.07 Å². The third-order valence-electron chi connectivity index (χ3n) is 4.93. The lowest BCUT2D eigenvalue weighted by Crippen LogP contribution is -2.39. The molecule has 0 bridgehead atoms. The summed E-state index contributed by atoms with van der Waals surface area (Å²) in [5, 5.41) is 7.55. The van der Waals surface area contributed by atoms with Crippen molar-refractivity contribution in [3.8, 4) is 17.2 Å². The number of aromatic nitrogens is 2. The van der Waals surface area contributed by atoms with E-state index in [9.17, 15) is 9.18 Å². The average Bonchev–Trinajstić information content (AvgIpc) is 3.11. The van der Waals surface area contributed by atoms with Gasteiger partial charge < -0.3 is 18.8 Å². The molecule has 2 aromatic rings. The first-order valence-corrected chi connectivity index (χ1v) is 10.1. The molecule has 1 aromatic carbocycles. The van der Waals surface area contributed by atoms with Crippen molar-refractivity contribution < 1.29 is 23.1 Å². The lowest BCUT2D eigenvalue weighted by molar-refractivity contribution is 0.0643. The van der Waals surface area contributed by atoms with Crippen LogP contribution in [-0.4, -0.2) is 47.0 Å². The van der Waals surface area contributed by atoms with Crippen LogP contribution >= 0.6 is 0 Å². The monoisotopic (exact) mass is 405 g/mol. The van der Waals surface area contributed by atoms with E-state index in [0.29, 0.717) is 24.2 Å². The van der Waals surface area contributed by atoms with Gasteiger partial charge in [0.25, 0.3) is 5.89 Å². The normalized spacial score (nSPS) is 15.0. The minimum absolute atomic E-state index is 0.0904. The number of halogens is 1. The van der Waals surface area contributed by atoms with E-state index in [1.807, 2.05) is 13.8 Å². The highest BCUT2D eigenvalue weighted by atomic mass is 19.1. The number of likely N-dealkylation sites (tertiary alicyclic amines) is 1. The summed E-state index contributed by atoms with van der Waals surface area (Å²) in [5.41, 5.74) is 0.265. The van der Waals surface area contributed by atoms with Crippen molar-refractivity contribution in [2.24, 2.45) is 5.92 Å². The van der Waals surface area contributed by atoms with E-state index in [2.05, 4.69) is 10.2 Å². The predicted octanol–water partition coefficient (Wildman–Crippen LogP) is 4.60. The van der Waals surface area contributed by atoms with Gasteiger partial charge in [-0.2, -0.15) is 0 Å². The van der Waals surface area contributed by atoms with E-state index >= 15 is 0 Å². The molecular weight excluding hydrogens is 377 g/mol. The maximum absolute atomic E-state index is 14.3. The topological polar surface area (TPSA) is 77.7 Å². The summed E-state index contributed by atoms with van der Waals surface area (Å²) < 4.78 is 30.5. The second-order valence-electron chi connectivity index (χ2n) is 7.62. The molecule has 0 atom stereocenters. The van der Waals surface area contributed by atoms with Gasteiger partial charge in [-0.25, -0.2) is 9.18 Å². The Morgan fingerprint density at radius 2 is 2.07 bits per heavy atom. The van der Waals surface area contributed by atoms with Crippen LogP contribution in [0.1, 0.15) is 45.4 Å². The molecule has 0 spiro atoms. The highest BCUT2D eigenvalue weighted by Crippen LogP contribution is 2.26. The fourth-order valence-electron chi connectivity index (χ4n) is 3.41. The standard InChI is InChI=1S/C21H28FN3O4/c1-14(2)28-21(26)25-10-8-16(9-11-25)5-4-12-27-17-6-7-18(19(22)13-17)20-24-23-15(3)29-20/h6-7,13-14,16H,4-5,8-12H2,1-3H3. The average molecular weight is 405 g/mol. The molecule has 0 radical (unpaired) electrons. The molecule has 2 heterocycles. The van der Waals surface area contributed by atoms with Crippen molar-refractivity contribution in [1.82, 2.24) is 15.1 Å². The number of rotatable bonds is 7. The van der Waals surface area contributed by atoms with Gasteiger partial charge in [-0.05, 0) is 57.6 Å². The summed E-state index contributed by atoms with van der Waals surface area (Å²) in [5.74, 6) is 1.15. The van der Waals surface area contributed by atoms with Crippen molar-refractivity contribution in [3.05, 3.63) is 29.9 Å². The highest BCUT2D eigenvalue weighted by Gasteiger charge is 2.24. The third kappa shape index (κ3) is 5.92. The zero-order valence-electron chi connectivity index (χ0n) is 17.2. The molecule has 1 aliphatic heterocycles. The molecule has 7 nitrogen and oxygen atoms in total. The molecule has 8 heteroatoms. The first kappa shape index (κ1) is 21.1. The summed E-state index contributed by atoms with van der Waals surface area (Å²) in [7, 11) is 0. The van der Waals surface area contributed by atoms with Crippen LogP contribution in [0.25, 0.3) is 11.5 Å². The van der Waals surface area contributed by atoms with Gasteiger partial charge in [0.15, 0.2) is 0 Å². The minimum Gasteiger partial charge on any atom is -0.493 e. The fourth-order valence-corrected chi connectivity index (χ4v) is 3.41.